The van der Waals surface area contributed by atoms with Crippen molar-refractivity contribution in [2.75, 3.05) is 13.2 Å². The van der Waals surface area contributed by atoms with Gasteiger partial charge in [-0.2, -0.15) is 0 Å². The van der Waals surface area contributed by atoms with Gasteiger partial charge in [-0.15, -0.1) is 5.10 Å². The van der Waals surface area contributed by atoms with Gasteiger partial charge in [0.1, 0.15) is 5.82 Å². The quantitative estimate of drug-likeness (QED) is 0.799. The molecule has 0 atom stereocenters. The number of ether oxygens (including phenoxy) is 1. The van der Waals surface area contributed by atoms with Gasteiger partial charge in [0.2, 0.25) is 4.73 Å². The maximum atomic E-state index is 11.7. The Hall–Kier alpha value is -1.11. The summed E-state index contributed by atoms with van der Waals surface area (Å²) < 4.78 is 7.53. The molecule has 1 aromatic heterocycles. The van der Waals surface area contributed by atoms with Crippen LogP contribution in [0.3, 0.4) is 0 Å². The van der Waals surface area contributed by atoms with Crippen molar-refractivity contribution in [1.82, 2.24) is 19.7 Å². The van der Waals surface area contributed by atoms with Crippen LogP contribution in [0.5, 0.6) is 0 Å². The molecule has 1 aliphatic heterocycles. The Morgan fingerprint density at radius 1 is 1.53 bits per heavy atom. The van der Waals surface area contributed by atoms with Gasteiger partial charge < -0.3 is 4.74 Å². The van der Waals surface area contributed by atoms with Crippen molar-refractivity contribution in [3.63, 3.8) is 0 Å². The van der Waals surface area contributed by atoms with Crippen molar-refractivity contribution in [2.45, 2.75) is 32.9 Å². The fraction of sp³-hybridized carbons (Fsp3) is 0.700. The van der Waals surface area contributed by atoms with E-state index in [4.69, 9.17) is 4.74 Å². The van der Waals surface area contributed by atoms with Crippen LogP contribution in [0.1, 0.15) is 25.6 Å². The summed E-state index contributed by atoms with van der Waals surface area (Å²) in [6.07, 6.45) is 1.67. The first-order chi connectivity index (χ1) is 8.20. The highest BCUT2D eigenvalue weighted by Crippen LogP contribution is 2.13. The normalized spacial score (nSPS) is 14.6. The SMILES string of the molecule is CCCCOC(=O)N1CCn2nc(Br)nc2C1. The number of aromatic nitrogens is 3. The highest BCUT2D eigenvalue weighted by molar-refractivity contribution is 9.10. The second-order valence-electron chi connectivity index (χ2n) is 3.91. The number of hydrogen-bond acceptors (Lipinski definition) is 4. The summed E-state index contributed by atoms with van der Waals surface area (Å²) in [5, 5.41) is 4.16. The number of rotatable bonds is 3. The lowest BCUT2D eigenvalue weighted by atomic mass is 10.4. The van der Waals surface area contributed by atoms with Crippen LogP contribution in [0.25, 0.3) is 0 Å². The molecule has 1 aromatic rings. The molecule has 6 nitrogen and oxygen atoms in total. The summed E-state index contributed by atoms with van der Waals surface area (Å²) >= 11 is 3.22. The zero-order valence-electron chi connectivity index (χ0n) is 9.73. The number of unbranched alkanes of at least 4 members (excludes halogenated alkanes) is 1. The smallest absolute Gasteiger partial charge is 0.410 e. The maximum Gasteiger partial charge on any atom is 0.410 e. The predicted octanol–water partition coefficient (Wildman–Crippen LogP) is 1.79. The number of hydrogen-bond donors (Lipinski definition) is 0. The molecule has 2 rings (SSSR count). The first-order valence-corrected chi connectivity index (χ1v) is 6.51. The highest BCUT2D eigenvalue weighted by atomic mass is 79.9. The van der Waals surface area contributed by atoms with Crippen LogP contribution in [0.15, 0.2) is 4.73 Å². The Kier molecular flexibility index (Phi) is 3.98. The third-order valence-electron chi connectivity index (χ3n) is 2.62. The Balaban J connectivity index is 1.90. The fourth-order valence-electron chi connectivity index (χ4n) is 1.66. The van der Waals surface area contributed by atoms with Crippen molar-refractivity contribution < 1.29 is 9.53 Å². The summed E-state index contributed by atoms with van der Waals surface area (Å²) in [7, 11) is 0. The van der Waals surface area contributed by atoms with Crippen molar-refractivity contribution in [1.29, 1.82) is 0 Å². The summed E-state index contributed by atoms with van der Waals surface area (Å²) in [5.74, 6) is 0.788. The third-order valence-corrected chi connectivity index (χ3v) is 2.95. The molecule has 2 heterocycles. The largest absolute Gasteiger partial charge is 0.449 e. The molecule has 0 radical (unpaired) electrons. The van der Waals surface area contributed by atoms with E-state index in [1.165, 1.54) is 0 Å². The molecule has 0 aromatic carbocycles. The van der Waals surface area contributed by atoms with Gasteiger partial charge in [0, 0.05) is 6.54 Å². The standard InChI is InChI=1S/C10H15BrN4O2/c1-2-3-6-17-10(16)14-4-5-15-8(7-14)12-9(11)13-15/h2-7H2,1H3. The second kappa shape index (κ2) is 5.48. The fourth-order valence-corrected chi connectivity index (χ4v) is 2.05. The van der Waals surface area contributed by atoms with Crippen LogP contribution in [-0.2, 0) is 17.8 Å². The summed E-state index contributed by atoms with van der Waals surface area (Å²) in [6.45, 7) is 4.30. The Labute approximate surface area is 108 Å². The zero-order chi connectivity index (χ0) is 12.3. The van der Waals surface area contributed by atoms with Gasteiger partial charge in [0.25, 0.3) is 0 Å². The molecule has 0 unspecified atom stereocenters. The van der Waals surface area contributed by atoms with Crippen molar-refractivity contribution in [3.05, 3.63) is 10.6 Å². The van der Waals surface area contributed by atoms with E-state index in [-0.39, 0.29) is 6.09 Å². The monoisotopic (exact) mass is 302 g/mol. The number of fused-ring (bicyclic) bond motifs is 1. The average molecular weight is 303 g/mol. The summed E-state index contributed by atoms with van der Waals surface area (Å²) in [6, 6.07) is 0. The van der Waals surface area contributed by atoms with E-state index in [9.17, 15) is 4.79 Å². The lowest BCUT2D eigenvalue weighted by Crippen LogP contribution is -2.39. The van der Waals surface area contributed by atoms with Gasteiger partial charge in [0.05, 0.1) is 19.7 Å². The topological polar surface area (TPSA) is 60.2 Å². The minimum Gasteiger partial charge on any atom is -0.449 e. The summed E-state index contributed by atoms with van der Waals surface area (Å²) in [5.41, 5.74) is 0. The molecule has 17 heavy (non-hydrogen) atoms. The van der Waals surface area contributed by atoms with Gasteiger partial charge in [-0.05, 0) is 22.4 Å². The Morgan fingerprint density at radius 3 is 3.12 bits per heavy atom. The molecule has 0 bridgehead atoms. The number of halogens is 1. The van der Waals surface area contributed by atoms with Crippen molar-refractivity contribution in [2.24, 2.45) is 0 Å². The molecule has 0 N–H and O–H groups in total. The van der Waals surface area contributed by atoms with Crippen LogP contribution < -0.4 is 0 Å². The van der Waals surface area contributed by atoms with E-state index >= 15 is 0 Å². The number of amides is 1. The van der Waals surface area contributed by atoms with Gasteiger partial charge >= 0.3 is 6.09 Å². The van der Waals surface area contributed by atoms with Crippen LogP contribution >= 0.6 is 15.9 Å². The maximum absolute atomic E-state index is 11.7. The van der Waals surface area contributed by atoms with E-state index in [1.54, 1.807) is 9.58 Å². The van der Waals surface area contributed by atoms with E-state index in [1.807, 2.05) is 0 Å². The van der Waals surface area contributed by atoms with Crippen LogP contribution in [0, 0.1) is 0 Å². The Morgan fingerprint density at radius 2 is 2.35 bits per heavy atom. The van der Waals surface area contributed by atoms with E-state index in [0.717, 1.165) is 18.7 Å². The van der Waals surface area contributed by atoms with Crippen LogP contribution in [0.4, 0.5) is 4.79 Å². The molecular formula is C10H15BrN4O2. The van der Waals surface area contributed by atoms with E-state index in [0.29, 0.717) is 31.0 Å². The lowest BCUT2D eigenvalue weighted by molar-refractivity contribution is 0.0897. The van der Waals surface area contributed by atoms with Crippen molar-refractivity contribution in [3.8, 4) is 0 Å². The second-order valence-corrected chi connectivity index (χ2v) is 4.62. The molecule has 0 saturated carbocycles. The molecule has 1 amide bonds. The van der Waals surface area contributed by atoms with Gasteiger partial charge in [0.15, 0.2) is 0 Å². The molecule has 0 aliphatic carbocycles. The van der Waals surface area contributed by atoms with Crippen LogP contribution in [-0.4, -0.2) is 38.9 Å². The van der Waals surface area contributed by atoms with E-state index < -0.39 is 0 Å². The molecule has 0 spiro atoms. The van der Waals surface area contributed by atoms with Gasteiger partial charge in [-0.25, -0.2) is 14.5 Å². The number of carbonyl (C=O) groups is 1. The molecule has 0 fully saturated rings. The third kappa shape index (κ3) is 2.96. The van der Waals surface area contributed by atoms with Gasteiger partial charge in [-0.1, -0.05) is 13.3 Å². The molecule has 1 aliphatic rings. The van der Waals surface area contributed by atoms with Gasteiger partial charge in [-0.3, -0.25) is 4.90 Å². The Bertz CT molecular complexity index is 407. The van der Waals surface area contributed by atoms with Crippen LogP contribution in [0.2, 0.25) is 0 Å². The molecule has 94 valence electrons. The first kappa shape index (κ1) is 12.3. The summed E-state index contributed by atoms with van der Waals surface area (Å²) in [4.78, 5) is 17.6. The zero-order valence-corrected chi connectivity index (χ0v) is 11.3. The highest BCUT2D eigenvalue weighted by Gasteiger charge is 2.23. The van der Waals surface area contributed by atoms with Crippen molar-refractivity contribution >= 4 is 22.0 Å². The number of carbonyl (C=O) groups excluding carboxylic acids is 1. The molecular weight excluding hydrogens is 288 g/mol. The molecule has 7 heteroatoms. The number of nitrogens with zero attached hydrogens (tertiary/aromatic N) is 4. The van der Waals surface area contributed by atoms with E-state index in [2.05, 4.69) is 32.9 Å². The lowest BCUT2D eigenvalue weighted by Gasteiger charge is -2.25. The minimum atomic E-state index is -0.260. The molecule has 0 saturated heterocycles. The predicted molar refractivity (Wildman–Crippen MR) is 64.4 cm³/mol. The average Bonchev–Trinajstić information content (AvgIpc) is 2.68. The first-order valence-electron chi connectivity index (χ1n) is 5.71. The minimum absolute atomic E-state index is 0.260.